The van der Waals surface area contributed by atoms with Gasteiger partial charge in [0.25, 0.3) is 0 Å². The molecule has 1 fully saturated rings. The summed E-state index contributed by atoms with van der Waals surface area (Å²) in [6, 6.07) is 4.43. The van der Waals surface area contributed by atoms with E-state index in [4.69, 9.17) is 9.47 Å². The second-order valence-electron chi connectivity index (χ2n) is 6.37. The summed E-state index contributed by atoms with van der Waals surface area (Å²) in [6.45, 7) is 10.6. The molecule has 0 radical (unpaired) electrons. The van der Waals surface area contributed by atoms with Crippen molar-refractivity contribution < 1.29 is 9.47 Å². The molecule has 0 bridgehead atoms. The lowest BCUT2D eigenvalue weighted by Gasteiger charge is -2.27. The number of nitrogens with zero attached hydrogens (tertiary/aromatic N) is 1. The van der Waals surface area contributed by atoms with Gasteiger partial charge in [-0.2, -0.15) is 0 Å². The number of hydrogen-bond acceptors (Lipinski definition) is 4. The summed E-state index contributed by atoms with van der Waals surface area (Å²) >= 11 is 0. The quantitative estimate of drug-likeness (QED) is 0.912. The predicted molar refractivity (Wildman–Crippen MR) is 79.7 cm³/mol. The lowest BCUT2D eigenvalue weighted by molar-refractivity contribution is 0.233. The largest absolute Gasteiger partial charge is 0.493 e. The van der Waals surface area contributed by atoms with E-state index in [-0.39, 0.29) is 5.41 Å². The molecule has 2 heterocycles. The molecular formula is C16H24N2O2. The summed E-state index contributed by atoms with van der Waals surface area (Å²) in [5.41, 5.74) is 2.67. The van der Waals surface area contributed by atoms with Gasteiger partial charge in [0.2, 0.25) is 0 Å². The average Bonchev–Trinajstić information content (AvgIpc) is 2.75. The summed E-state index contributed by atoms with van der Waals surface area (Å²) in [6.07, 6.45) is 0. The van der Waals surface area contributed by atoms with Crippen LogP contribution in [-0.4, -0.2) is 44.8 Å². The van der Waals surface area contributed by atoms with Crippen LogP contribution in [-0.2, 0) is 12.0 Å². The fourth-order valence-electron chi connectivity index (χ4n) is 3.01. The number of fused-ring (bicyclic) bond motifs is 1. The van der Waals surface area contributed by atoms with Gasteiger partial charge in [-0.1, -0.05) is 13.8 Å². The zero-order valence-electron chi connectivity index (χ0n) is 12.7. The normalized spacial score (nSPS) is 21.4. The Balaban J connectivity index is 1.88. The number of ether oxygens (including phenoxy) is 2. The minimum atomic E-state index is 0.0715. The van der Waals surface area contributed by atoms with Gasteiger partial charge in [0.05, 0.1) is 13.7 Å². The number of rotatable bonds is 3. The van der Waals surface area contributed by atoms with E-state index < -0.39 is 0 Å². The fourth-order valence-corrected chi connectivity index (χ4v) is 3.01. The van der Waals surface area contributed by atoms with Crippen molar-refractivity contribution in [3.63, 3.8) is 0 Å². The maximum Gasteiger partial charge on any atom is 0.165 e. The molecule has 0 aliphatic carbocycles. The fraction of sp³-hybridized carbons (Fsp3) is 0.625. The first-order valence-corrected chi connectivity index (χ1v) is 7.37. The van der Waals surface area contributed by atoms with Gasteiger partial charge in [0.15, 0.2) is 11.5 Å². The summed E-state index contributed by atoms with van der Waals surface area (Å²) < 4.78 is 11.4. The number of methoxy groups -OCH3 is 1. The molecule has 1 aromatic rings. The van der Waals surface area contributed by atoms with Crippen molar-refractivity contribution in [2.45, 2.75) is 25.8 Å². The molecule has 4 heteroatoms. The average molecular weight is 276 g/mol. The molecule has 3 rings (SSSR count). The van der Waals surface area contributed by atoms with E-state index >= 15 is 0 Å². The van der Waals surface area contributed by atoms with Crippen molar-refractivity contribution in [2.24, 2.45) is 0 Å². The molecule has 110 valence electrons. The van der Waals surface area contributed by atoms with Gasteiger partial charge in [-0.25, -0.2) is 0 Å². The highest BCUT2D eigenvalue weighted by Crippen LogP contribution is 2.45. The van der Waals surface area contributed by atoms with E-state index in [2.05, 4.69) is 36.2 Å². The van der Waals surface area contributed by atoms with E-state index in [1.165, 1.54) is 11.1 Å². The van der Waals surface area contributed by atoms with Crippen LogP contribution in [0.15, 0.2) is 12.1 Å². The molecule has 1 N–H and O–H groups in total. The maximum absolute atomic E-state index is 5.83. The second kappa shape index (κ2) is 5.26. The third-order valence-electron chi connectivity index (χ3n) is 4.26. The Hall–Kier alpha value is -1.26. The summed E-state index contributed by atoms with van der Waals surface area (Å²) in [7, 11) is 1.72. The van der Waals surface area contributed by atoms with Gasteiger partial charge in [0.1, 0.15) is 0 Å². The van der Waals surface area contributed by atoms with Crippen LogP contribution in [0.3, 0.4) is 0 Å². The highest BCUT2D eigenvalue weighted by atomic mass is 16.5. The molecule has 20 heavy (non-hydrogen) atoms. The molecule has 1 saturated heterocycles. The van der Waals surface area contributed by atoms with Crippen molar-refractivity contribution >= 4 is 0 Å². The van der Waals surface area contributed by atoms with Gasteiger partial charge in [-0.15, -0.1) is 0 Å². The molecule has 4 nitrogen and oxygen atoms in total. The van der Waals surface area contributed by atoms with Crippen LogP contribution in [0.1, 0.15) is 25.0 Å². The van der Waals surface area contributed by atoms with E-state index in [1.54, 1.807) is 7.11 Å². The summed E-state index contributed by atoms with van der Waals surface area (Å²) in [4.78, 5) is 2.49. The third kappa shape index (κ3) is 2.50. The van der Waals surface area contributed by atoms with Crippen LogP contribution in [0, 0.1) is 0 Å². The standard InChI is InChI=1S/C16H24N2O2/c1-16(2)11-20-15-13(16)8-12(9-14(15)19-3)10-18-6-4-17-5-7-18/h8-9,17H,4-7,10-11H2,1-3H3. The molecule has 0 amide bonds. The maximum atomic E-state index is 5.83. The van der Waals surface area contributed by atoms with Crippen molar-refractivity contribution in [1.82, 2.24) is 10.2 Å². The molecule has 0 spiro atoms. The Bertz CT molecular complexity index is 493. The lowest BCUT2D eigenvalue weighted by atomic mass is 9.86. The first kappa shape index (κ1) is 13.7. The van der Waals surface area contributed by atoms with Crippen molar-refractivity contribution in [3.8, 4) is 11.5 Å². The van der Waals surface area contributed by atoms with Gasteiger partial charge in [-0.3, -0.25) is 4.90 Å². The number of hydrogen-bond donors (Lipinski definition) is 1. The number of piperazine rings is 1. The summed E-state index contributed by atoms with van der Waals surface area (Å²) in [5.74, 6) is 1.81. The topological polar surface area (TPSA) is 33.7 Å². The zero-order valence-corrected chi connectivity index (χ0v) is 12.7. The Kier molecular flexibility index (Phi) is 3.61. The van der Waals surface area contributed by atoms with Crippen LogP contribution in [0.2, 0.25) is 0 Å². The minimum absolute atomic E-state index is 0.0715. The SMILES string of the molecule is COc1cc(CN2CCNCC2)cc2c1OCC2(C)C. The van der Waals surface area contributed by atoms with E-state index in [0.717, 1.165) is 50.8 Å². The molecule has 0 aromatic heterocycles. The van der Waals surface area contributed by atoms with Gasteiger partial charge >= 0.3 is 0 Å². The van der Waals surface area contributed by atoms with Crippen LogP contribution in [0.5, 0.6) is 11.5 Å². The van der Waals surface area contributed by atoms with E-state index in [0.29, 0.717) is 0 Å². The zero-order chi connectivity index (χ0) is 14.2. The predicted octanol–water partition coefficient (Wildman–Crippen LogP) is 1.77. The van der Waals surface area contributed by atoms with Crippen molar-refractivity contribution in [3.05, 3.63) is 23.3 Å². The van der Waals surface area contributed by atoms with Gasteiger partial charge in [-0.05, 0) is 17.7 Å². The van der Waals surface area contributed by atoms with Crippen molar-refractivity contribution in [2.75, 3.05) is 39.9 Å². The molecule has 0 unspecified atom stereocenters. The van der Waals surface area contributed by atoms with Crippen LogP contribution >= 0.6 is 0 Å². The summed E-state index contributed by atoms with van der Waals surface area (Å²) in [5, 5.41) is 3.39. The Morgan fingerprint density at radius 3 is 2.75 bits per heavy atom. The van der Waals surface area contributed by atoms with Gasteiger partial charge < -0.3 is 14.8 Å². The smallest absolute Gasteiger partial charge is 0.165 e. The molecular weight excluding hydrogens is 252 g/mol. The lowest BCUT2D eigenvalue weighted by Crippen LogP contribution is -2.42. The molecule has 2 aliphatic rings. The minimum Gasteiger partial charge on any atom is -0.493 e. The number of benzene rings is 1. The second-order valence-corrected chi connectivity index (χ2v) is 6.37. The Labute approximate surface area is 121 Å². The molecule has 0 atom stereocenters. The number of nitrogens with one attached hydrogen (secondary N) is 1. The highest BCUT2D eigenvalue weighted by molar-refractivity contribution is 5.54. The molecule has 2 aliphatic heterocycles. The molecule has 0 saturated carbocycles. The first-order chi connectivity index (χ1) is 9.60. The van der Waals surface area contributed by atoms with Gasteiger partial charge in [0, 0.05) is 43.7 Å². The van der Waals surface area contributed by atoms with E-state index in [1.807, 2.05) is 0 Å². The molecule has 1 aromatic carbocycles. The van der Waals surface area contributed by atoms with Crippen molar-refractivity contribution in [1.29, 1.82) is 0 Å². The van der Waals surface area contributed by atoms with Crippen LogP contribution in [0.25, 0.3) is 0 Å². The highest BCUT2D eigenvalue weighted by Gasteiger charge is 2.34. The van der Waals surface area contributed by atoms with Crippen LogP contribution in [0.4, 0.5) is 0 Å². The Morgan fingerprint density at radius 2 is 2.05 bits per heavy atom. The first-order valence-electron chi connectivity index (χ1n) is 7.37. The third-order valence-corrected chi connectivity index (χ3v) is 4.26. The van der Waals surface area contributed by atoms with Crippen LogP contribution < -0.4 is 14.8 Å². The monoisotopic (exact) mass is 276 g/mol. The van der Waals surface area contributed by atoms with E-state index in [9.17, 15) is 0 Å². The Morgan fingerprint density at radius 1 is 1.30 bits per heavy atom.